The van der Waals surface area contributed by atoms with Crippen LogP contribution < -0.4 is 0 Å². The van der Waals surface area contributed by atoms with Gasteiger partial charge in [-0.25, -0.2) is 0 Å². The van der Waals surface area contributed by atoms with Crippen molar-refractivity contribution in [3.05, 3.63) is 29.6 Å². The Morgan fingerprint density at radius 3 is 1.75 bits per heavy atom. The molecule has 0 bridgehead atoms. The Morgan fingerprint density at radius 2 is 1.25 bits per heavy atom. The third-order valence-electron chi connectivity index (χ3n) is 4.93. The number of pyridine rings is 1. The van der Waals surface area contributed by atoms with Crippen LogP contribution in [-0.4, -0.2) is 10.1 Å². The Balaban J connectivity index is 1.84. The van der Waals surface area contributed by atoms with Crippen LogP contribution in [0.3, 0.4) is 0 Å². The second-order valence-electron chi connectivity index (χ2n) is 7.11. The number of rotatable bonds is 16. The average molecular weight is 334 g/mol. The first-order valence-electron chi connectivity index (χ1n) is 10.4. The molecule has 0 spiro atoms. The molecule has 0 radical (unpaired) electrons. The summed E-state index contributed by atoms with van der Waals surface area (Å²) < 4.78 is 0. The number of aryl methyl sites for hydroxylation is 1. The molecule has 0 aliphatic heterocycles. The number of unbranched alkanes of at least 4 members (excludes halogenated alkanes) is 13. The lowest BCUT2D eigenvalue weighted by atomic mass is 10.0. The summed E-state index contributed by atoms with van der Waals surface area (Å²) in [5, 5.41) is 9.27. The molecule has 24 heavy (non-hydrogen) atoms. The number of hydrogen-bond acceptors (Lipinski definition) is 2. The van der Waals surface area contributed by atoms with Crippen molar-refractivity contribution in [2.24, 2.45) is 0 Å². The van der Waals surface area contributed by atoms with Gasteiger partial charge in [0.2, 0.25) is 0 Å². The molecule has 0 aromatic carbocycles. The summed E-state index contributed by atoms with van der Waals surface area (Å²) in [4.78, 5) is 4.23. The summed E-state index contributed by atoms with van der Waals surface area (Å²) in [6, 6.07) is 4.07. The molecule has 2 heteroatoms. The van der Waals surface area contributed by atoms with E-state index in [0.29, 0.717) is 0 Å². The van der Waals surface area contributed by atoms with E-state index in [9.17, 15) is 5.11 Å². The maximum absolute atomic E-state index is 9.27. The molecule has 1 aromatic heterocycles. The molecule has 0 saturated heterocycles. The molecule has 1 heterocycles. The van der Waals surface area contributed by atoms with E-state index in [1.165, 1.54) is 95.5 Å². The quantitative estimate of drug-likeness (QED) is 0.346. The lowest BCUT2D eigenvalue weighted by Gasteiger charge is -2.06. The van der Waals surface area contributed by atoms with E-state index in [-0.39, 0.29) is 6.61 Å². The minimum absolute atomic E-state index is 0.0643. The second kappa shape index (κ2) is 15.6. The monoisotopic (exact) mass is 333 g/mol. The molecule has 1 N–H and O–H groups in total. The molecule has 1 rings (SSSR count). The van der Waals surface area contributed by atoms with Crippen LogP contribution in [-0.2, 0) is 13.0 Å². The van der Waals surface area contributed by atoms with Crippen molar-refractivity contribution in [1.82, 2.24) is 4.98 Å². The maximum atomic E-state index is 9.27. The Hall–Kier alpha value is -0.890. The molecular weight excluding hydrogens is 294 g/mol. The predicted molar refractivity (Wildman–Crippen MR) is 104 cm³/mol. The van der Waals surface area contributed by atoms with Gasteiger partial charge in [0, 0.05) is 6.20 Å². The van der Waals surface area contributed by atoms with E-state index in [1.54, 1.807) is 6.20 Å². The first-order valence-corrected chi connectivity index (χ1v) is 10.4. The highest BCUT2D eigenvalue weighted by molar-refractivity contribution is 5.18. The lowest BCUT2D eigenvalue weighted by Crippen LogP contribution is -1.97. The second-order valence-corrected chi connectivity index (χ2v) is 7.11. The van der Waals surface area contributed by atoms with Crippen LogP contribution in [0.4, 0.5) is 0 Å². The van der Waals surface area contributed by atoms with Gasteiger partial charge in [-0.1, -0.05) is 96.5 Å². The number of nitrogens with zero attached hydrogens (tertiary/aromatic N) is 1. The summed E-state index contributed by atoms with van der Waals surface area (Å²) in [6.45, 7) is 2.35. The van der Waals surface area contributed by atoms with Gasteiger partial charge < -0.3 is 5.11 Å². The Kier molecular flexibility index (Phi) is 13.8. The maximum Gasteiger partial charge on any atom is 0.0855 e. The minimum atomic E-state index is 0.0643. The number of hydrogen-bond donors (Lipinski definition) is 1. The molecule has 2 nitrogen and oxygen atoms in total. The molecule has 0 unspecified atom stereocenters. The topological polar surface area (TPSA) is 33.1 Å². The van der Waals surface area contributed by atoms with E-state index < -0.39 is 0 Å². The smallest absolute Gasteiger partial charge is 0.0855 e. The fraction of sp³-hybridized carbons (Fsp3) is 0.773. The van der Waals surface area contributed by atoms with Crippen molar-refractivity contribution in [3.8, 4) is 0 Å². The van der Waals surface area contributed by atoms with Gasteiger partial charge in [-0.15, -0.1) is 0 Å². The Bertz CT molecular complexity index is 391. The first-order chi connectivity index (χ1) is 11.9. The summed E-state index contributed by atoms with van der Waals surface area (Å²) in [6.07, 6.45) is 22.3. The van der Waals surface area contributed by atoms with Gasteiger partial charge >= 0.3 is 0 Å². The first kappa shape index (κ1) is 21.2. The lowest BCUT2D eigenvalue weighted by molar-refractivity contribution is 0.275. The zero-order valence-electron chi connectivity index (χ0n) is 15.9. The summed E-state index contributed by atoms with van der Waals surface area (Å²) in [5.41, 5.74) is 2.08. The van der Waals surface area contributed by atoms with Gasteiger partial charge in [-0.2, -0.15) is 0 Å². The van der Waals surface area contributed by atoms with Crippen molar-refractivity contribution in [2.75, 3.05) is 0 Å². The molecule has 1 aromatic rings. The van der Waals surface area contributed by atoms with E-state index >= 15 is 0 Å². The standard InChI is InChI=1S/C22H39NO/c1-2-3-4-5-6-7-8-9-10-11-12-13-14-15-17-21-18-16-19-23-22(21)20-24/h16,18-19,24H,2-15,17,20H2,1H3. The van der Waals surface area contributed by atoms with Crippen LogP contribution in [0.1, 0.15) is 108 Å². The van der Waals surface area contributed by atoms with Crippen molar-refractivity contribution in [3.63, 3.8) is 0 Å². The third-order valence-corrected chi connectivity index (χ3v) is 4.93. The van der Waals surface area contributed by atoms with E-state index in [4.69, 9.17) is 0 Å². The van der Waals surface area contributed by atoms with Crippen LogP contribution in [0.2, 0.25) is 0 Å². The third kappa shape index (κ3) is 10.8. The van der Waals surface area contributed by atoms with Crippen molar-refractivity contribution < 1.29 is 5.11 Å². The fourth-order valence-electron chi connectivity index (χ4n) is 3.35. The van der Waals surface area contributed by atoms with Crippen molar-refractivity contribution >= 4 is 0 Å². The number of aromatic nitrogens is 1. The van der Waals surface area contributed by atoms with Crippen LogP contribution in [0.15, 0.2) is 18.3 Å². The largest absolute Gasteiger partial charge is 0.390 e. The summed E-state index contributed by atoms with van der Waals surface area (Å²) >= 11 is 0. The van der Waals surface area contributed by atoms with Crippen LogP contribution in [0, 0.1) is 0 Å². The molecule has 138 valence electrons. The molecule has 0 aliphatic rings. The predicted octanol–water partition coefficient (Wildman–Crippen LogP) is 6.60. The van der Waals surface area contributed by atoms with Gasteiger partial charge in [0.15, 0.2) is 0 Å². The van der Waals surface area contributed by atoms with Gasteiger partial charge in [0.25, 0.3) is 0 Å². The normalized spacial score (nSPS) is 11.1. The zero-order chi connectivity index (χ0) is 17.3. The summed E-state index contributed by atoms with van der Waals surface area (Å²) in [7, 11) is 0. The highest BCUT2D eigenvalue weighted by Gasteiger charge is 2.01. The van der Waals surface area contributed by atoms with E-state index in [0.717, 1.165) is 12.1 Å². The highest BCUT2D eigenvalue weighted by atomic mass is 16.3. The van der Waals surface area contributed by atoms with Crippen molar-refractivity contribution in [1.29, 1.82) is 0 Å². The Labute approximate surface area is 150 Å². The summed E-state index contributed by atoms with van der Waals surface area (Å²) in [5.74, 6) is 0. The molecule has 0 fully saturated rings. The van der Waals surface area contributed by atoms with Crippen LogP contribution in [0.25, 0.3) is 0 Å². The molecule has 0 amide bonds. The number of aliphatic hydroxyl groups excluding tert-OH is 1. The van der Waals surface area contributed by atoms with Gasteiger partial charge in [-0.05, 0) is 24.5 Å². The molecule has 0 aliphatic carbocycles. The van der Waals surface area contributed by atoms with Crippen molar-refractivity contribution in [2.45, 2.75) is 110 Å². The molecule has 0 atom stereocenters. The fourth-order valence-corrected chi connectivity index (χ4v) is 3.35. The van der Waals surface area contributed by atoms with Gasteiger partial charge in [0.05, 0.1) is 12.3 Å². The molecular formula is C22H39NO. The SMILES string of the molecule is CCCCCCCCCCCCCCCCc1cccnc1CO. The Morgan fingerprint density at radius 1 is 0.750 bits per heavy atom. The average Bonchev–Trinajstić information content (AvgIpc) is 2.62. The van der Waals surface area contributed by atoms with Crippen LogP contribution >= 0.6 is 0 Å². The highest BCUT2D eigenvalue weighted by Crippen LogP contribution is 2.14. The van der Waals surface area contributed by atoms with Gasteiger partial charge in [0.1, 0.15) is 0 Å². The minimum Gasteiger partial charge on any atom is -0.390 e. The molecule has 0 saturated carbocycles. The zero-order valence-corrected chi connectivity index (χ0v) is 15.9. The van der Waals surface area contributed by atoms with Crippen LogP contribution in [0.5, 0.6) is 0 Å². The van der Waals surface area contributed by atoms with Gasteiger partial charge in [-0.3, -0.25) is 4.98 Å². The van der Waals surface area contributed by atoms with E-state index in [2.05, 4.69) is 18.0 Å². The number of aliphatic hydroxyl groups is 1. The van der Waals surface area contributed by atoms with E-state index in [1.807, 2.05) is 6.07 Å².